The van der Waals surface area contributed by atoms with Gasteiger partial charge in [-0.05, 0) is 38.9 Å². The van der Waals surface area contributed by atoms with Gasteiger partial charge in [0, 0.05) is 13.2 Å². The van der Waals surface area contributed by atoms with E-state index in [4.69, 9.17) is 9.47 Å². The molecule has 0 aliphatic rings. The van der Waals surface area contributed by atoms with E-state index in [-0.39, 0.29) is 6.29 Å². The third-order valence-corrected chi connectivity index (χ3v) is 1.94. The minimum atomic E-state index is -0.153. The van der Waals surface area contributed by atoms with E-state index in [1.54, 1.807) is 0 Å². The van der Waals surface area contributed by atoms with E-state index < -0.39 is 0 Å². The average molecular weight is 204 g/mol. The predicted molar refractivity (Wildman–Crippen MR) is 60.0 cm³/mol. The summed E-state index contributed by atoms with van der Waals surface area (Å²) in [7, 11) is 2.72. The summed E-state index contributed by atoms with van der Waals surface area (Å²) in [6.07, 6.45) is 7.41. The molecule has 0 amide bonds. The molecule has 0 fully saturated rings. The Kier molecular flexibility index (Phi) is 10.2. The van der Waals surface area contributed by atoms with Gasteiger partial charge in [-0.15, -0.1) is 9.24 Å². The fraction of sp³-hybridized carbons (Fsp3) is 0.800. The summed E-state index contributed by atoms with van der Waals surface area (Å²) in [6.45, 7) is 5.34. The molecule has 0 saturated carbocycles. The van der Waals surface area contributed by atoms with Crippen molar-refractivity contribution in [3.63, 3.8) is 0 Å². The summed E-state index contributed by atoms with van der Waals surface area (Å²) in [5.41, 5.74) is 0. The van der Waals surface area contributed by atoms with Crippen molar-refractivity contribution in [2.75, 3.05) is 19.4 Å². The molecule has 2 nitrogen and oxygen atoms in total. The maximum atomic E-state index is 5.35. The lowest BCUT2D eigenvalue weighted by Gasteiger charge is -2.12. The maximum absolute atomic E-state index is 5.35. The third-order valence-electron chi connectivity index (χ3n) is 1.53. The van der Waals surface area contributed by atoms with Gasteiger partial charge in [0.1, 0.15) is 0 Å². The number of unbranched alkanes of at least 4 members (excludes halogenated alkanes) is 1. The lowest BCUT2D eigenvalue weighted by molar-refractivity contribution is -0.104. The molecule has 1 unspecified atom stereocenters. The van der Waals surface area contributed by atoms with E-state index >= 15 is 0 Å². The Labute approximate surface area is 83.9 Å². The standard InChI is InChI=1S/C10H21O2P/c1-3-11-10(12-4-2)8-6-5-7-9-13/h6,8,10H,3-5,7,9,13H2,1-2H3/b8-6+. The van der Waals surface area contributed by atoms with Gasteiger partial charge in [-0.2, -0.15) is 0 Å². The molecule has 0 heterocycles. The monoisotopic (exact) mass is 204 g/mol. The summed E-state index contributed by atoms with van der Waals surface area (Å²) in [5.74, 6) is 0. The van der Waals surface area contributed by atoms with Gasteiger partial charge in [0.05, 0.1) is 0 Å². The highest BCUT2D eigenvalue weighted by molar-refractivity contribution is 7.16. The molecule has 0 aromatic rings. The Hall–Kier alpha value is 0.0900. The molecule has 0 aliphatic heterocycles. The molecule has 13 heavy (non-hydrogen) atoms. The van der Waals surface area contributed by atoms with Gasteiger partial charge in [0.25, 0.3) is 0 Å². The minimum Gasteiger partial charge on any atom is -0.349 e. The van der Waals surface area contributed by atoms with Gasteiger partial charge in [0.15, 0.2) is 6.29 Å². The SMILES string of the molecule is CCOC(/C=C/CCCP)OCC. The fourth-order valence-corrected chi connectivity index (χ4v) is 1.17. The molecular formula is C10H21O2P. The van der Waals surface area contributed by atoms with Crippen LogP contribution in [-0.4, -0.2) is 25.7 Å². The lowest BCUT2D eigenvalue weighted by Crippen LogP contribution is -2.14. The zero-order valence-corrected chi connectivity index (χ0v) is 9.82. The molecule has 0 rings (SSSR count). The van der Waals surface area contributed by atoms with Gasteiger partial charge in [-0.25, -0.2) is 0 Å². The van der Waals surface area contributed by atoms with Crippen molar-refractivity contribution in [3.05, 3.63) is 12.2 Å². The molecule has 0 aromatic carbocycles. The van der Waals surface area contributed by atoms with Crippen molar-refractivity contribution in [2.24, 2.45) is 0 Å². The first kappa shape index (κ1) is 13.1. The topological polar surface area (TPSA) is 18.5 Å². The molecule has 3 heteroatoms. The summed E-state index contributed by atoms with van der Waals surface area (Å²) in [5, 5.41) is 0. The van der Waals surface area contributed by atoms with Crippen molar-refractivity contribution >= 4 is 9.24 Å². The summed E-state index contributed by atoms with van der Waals surface area (Å²) in [6, 6.07) is 0. The Morgan fingerprint density at radius 2 is 1.85 bits per heavy atom. The van der Waals surface area contributed by atoms with Crippen LogP contribution in [0.1, 0.15) is 26.7 Å². The number of allylic oxidation sites excluding steroid dienone is 1. The zero-order valence-electron chi connectivity index (χ0n) is 8.66. The second kappa shape index (κ2) is 10.2. The van der Waals surface area contributed by atoms with Crippen LogP contribution in [0.4, 0.5) is 0 Å². The van der Waals surface area contributed by atoms with Crippen LogP contribution in [0.15, 0.2) is 12.2 Å². The second-order valence-electron chi connectivity index (χ2n) is 2.64. The van der Waals surface area contributed by atoms with Crippen molar-refractivity contribution in [2.45, 2.75) is 33.0 Å². The van der Waals surface area contributed by atoms with Gasteiger partial charge in [-0.1, -0.05) is 6.08 Å². The highest BCUT2D eigenvalue weighted by atomic mass is 31.0. The molecular weight excluding hydrogens is 183 g/mol. The molecule has 78 valence electrons. The molecule has 0 N–H and O–H groups in total. The first-order valence-electron chi connectivity index (χ1n) is 4.95. The third kappa shape index (κ3) is 8.42. The predicted octanol–water partition coefficient (Wildman–Crippen LogP) is 2.60. The Balaban J connectivity index is 3.58. The molecule has 0 radical (unpaired) electrons. The average Bonchev–Trinajstić information content (AvgIpc) is 2.13. The Morgan fingerprint density at radius 3 is 2.31 bits per heavy atom. The van der Waals surface area contributed by atoms with Crippen LogP contribution < -0.4 is 0 Å². The largest absolute Gasteiger partial charge is 0.349 e. The summed E-state index contributed by atoms with van der Waals surface area (Å²) in [4.78, 5) is 0. The van der Waals surface area contributed by atoms with Crippen LogP contribution in [0.3, 0.4) is 0 Å². The van der Waals surface area contributed by atoms with E-state index in [1.807, 2.05) is 19.9 Å². The Bertz CT molecular complexity index is 120. The maximum Gasteiger partial charge on any atom is 0.176 e. The number of rotatable bonds is 8. The number of hydrogen-bond acceptors (Lipinski definition) is 2. The minimum absolute atomic E-state index is 0.153. The Morgan fingerprint density at radius 1 is 1.23 bits per heavy atom. The van der Waals surface area contributed by atoms with Crippen molar-refractivity contribution in [3.8, 4) is 0 Å². The molecule has 0 spiro atoms. The van der Waals surface area contributed by atoms with Crippen molar-refractivity contribution < 1.29 is 9.47 Å². The normalized spacial score (nSPS) is 11.7. The molecule has 0 saturated heterocycles. The van der Waals surface area contributed by atoms with Crippen molar-refractivity contribution in [1.29, 1.82) is 0 Å². The molecule has 1 atom stereocenters. The fourth-order valence-electron chi connectivity index (χ4n) is 0.931. The van der Waals surface area contributed by atoms with E-state index in [0.29, 0.717) is 13.2 Å². The molecule has 0 bridgehead atoms. The van der Waals surface area contributed by atoms with Gasteiger partial charge < -0.3 is 9.47 Å². The van der Waals surface area contributed by atoms with Gasteiger partial charge in [0.2, 0.25) is 0 Å². The van der Waals surface area contributed by atoms with Crippen LogP contribution >= 0.6 is 9.24 Å². The first-order valence-corrected chi connectivity index (χ1v) is 5.76. The number of hydrogen-bond donors (Lipinski definition) is 0. The quantitative estimate of drug-likeness (QED) is 0.262. The second-order valence-corrected chi connectivity index (χ2v) is 3.22. The van der Waals surface area contributed by atoms with E-state index in [0.717, 1.165) is 12.6 Å². The smallest absolute Gasteiger partial charge is 0.176 e. The van der Waals surface area contributed by atoms with Crippen LogP contribution in [-0.2, 0) is 9.47 Å². The summed E-state index contributed by atoms with van der Waals surface area (Å²) < 4.78 is 10.7. The highest BCUT2D eigenvalue weighted by Gasteiger charge is 2.00. The van der Waals surface area contributed by atoms with Crippen LogP contribution in [0, 0.1) is 0 Å². The summed E-state index contributed by atoms with van der Waals surface area (Å²) >= 11 is 0. The molecule has 0 aliphatic carbocycles. The van der Waals surface area contributed by atoms with E-state index in [1.165, 1.54) is 6.42 Å². The van der Waals surface area contributed by atoms with Crippen LogP contribution in [0.25, 0.3) is 0 Å². The van der Waals surface area contributed by atoms with E-state index in [9.17, 15) is 0 Å². The van der Waals surface area contributed by atoms with E-state index in [2.05, 4.69) is 15.3 Å². The van der Waals surface area contributed by atoms with Gasteiger partial charge in [-0.3, -0.25) is 0 Å². The van der Waals surface area contributed by atoms with Gasteiger partial charge >= 0.3 is 0 Å². The number of ether oxygens (including phenoxy) is 2. The van der Waals surface area contributed by atoms with Crippen LogP contribution in [0.2, 0.25) is 0 Å². The van der Waals surface area contributed by atoms with Crippen LogP contribution in [0.5, 0.6) is 0 Å². The highest BCUT2D eigenvalue weighted by Crippen LogP contribution is 2.01. The lowest BCUT2D eigenvalue weighted by atomic mass is 10.3. The zero-order chi connectivity index (χ0) is 9.94. The van der Waals surface area contributed by atoms with Crippen molar-refractivity contribution in [1.82, 2.24) is 0 Å². The first-order chi connectivity index (χ1) is 6.35. The molecule has 0 aromatic heterocycles.